The first-order valence-corrected chi connectivity index (χ1v) is 8.98. The van der Waals surface area contributed by atoms with Crippen LogP contribution in [0.2, 0.25) is 0 Å². The molecule has 1 aliphatic carbocycles. The van der Waals surface area contributed by atoms with E-state index in [2.05, 4.69) is 5.32 Å². The van der Waals surface area contributed by atoms with Gasteiger partial charge in [0.1, 0.15) is 5.75 Å². The van der Waals surface area contributed by atoms with Gasteiger partial charge < -0.3 is 10.1 Å². The Kier molecular flexibility index (Phi) is 6.24. The Balaban J connectivity index is 1.87. The Labute approximate surface area is 163 Å². The Hall–Kier alpha value is -3.38. The molecule has 28 heavy (non-hydrogen) atoms. The van der Waals surface area contributed by atoms with Crippen molar-refractivity contribution < 1.29 is 19.5 Å². The second-order valence-electron chi connectivity index (χ2n) is 6.51. The van der Waals surface area contributed by atoms with Gasteiger partial charge in [0.05, 0.1) is 7.11 Å². The van der Waals surface area contributed by atoms with Crippen LogP contribution >= 0.6 is 0 Å². The lowest BCUT2D eigenvalue weighted by Gasteiger charge is -2.10. The third-order valence-electron chi connectivity index (χ3n) is 4.34. The van der Waals surface area contributed by atoms with Crippen LogP contribution in [-0.4, -0.2) is 30.2 Å². The summed E-state index contributed by atoms with van der Waals surface area (Å²) in [5.41, 5.74) is 4.56. The van der Waals surface area contributed by atoms with Crippen LogP contribution < -0.4 is 15.5 Å². The second-order valence-corrected chi connectivity index (χ2v) is 6.51. The summed E-state index contributed by atoms with van der Waals surface area (Å²) in [6.07, 6.45) is 6.67. The van der Waals surface area contributed by atoms with E-state index in [9.17, 15) is 9.59 Å². The monoisotopic (exact) mass is 378 g/mol. The molecule has 3 rings (SSSR count). The molecule has 2 aromatic rings. The number of carbonyl (C=O) groups excluding carboxylic acids is 2. The largest absolute Gasteiger partial charge is 0.497 e. The van der Waals surface area contributed by atoms with Crippen LogP contribution in [0.4, 0.5) is 0 Å². The first kappa shape index (κ1) is 19.4. The maximum Gasteiger partial charge on any atom is 0.267 e. The molecule has 1 saturated carbocycles. The van der Waals surface area contributed by atoms with Crippen LogP contribution in [0, 0.1) is 0 Å². The van der Waals surface area contributed by atoms with Gasteiger partial charge in [-0.05, 0) is 53.8 Å². The van der Waals surface area contributed by atoms with Crippen LogP contribution in [0.3, 0.4) is 0 Å². The maximum absolute atomic E-state index is 12.8. The van der Waals surface area contributed by atoms with Gasteiger partial charge in [-0.15, -0.1) is 0 Å². The molecule has 0 atom stereocenters. The van der Waals surface area contributed by atoms with Crippen LogP contribution in [0.15, 0.2) is 54.6 Å². The lowest BCUT2D eigenvalue weighted by molar-refractivity contribution is -0.124. The predicted molar refractivity (Wildman–Crippen MR) is 107 cm³/mol. The highest BCUT2D eigenvalue weighted by Gasteiger charge is 2.25. The van der Waals surface area contributed by atoms with Gasteiger partial charge >= 0.3 is 0 Å². The number of benzene rings is 2. The normalized spacial score (nSPS) is 14.0. The SMILES string of the molecule is COc1ccc(/C=C(/C(=O)NC2CC2)c2ccc(/C=C/C(=O)NO)cc2)cc1. The van der Waals surface area contributed by atoms with Crippen molar-refractivity contribution >= 4 is 29.5 Å². The highest BCUT2D eigenvalue weighted by Crippen LogP contribution is 2.24. The number of rotatable bonds is 7. The third-order valence-corrected chi connectivity index (χ3v) is 4.34. The third kappa shape index (κ3) is 5.31. The molecule has 0 bridgehead atoms. The Bertz CT molecular complexity index is 895. The lowest BCUT2D eigenvalue weighted by atomic mass is 10.00. The lowest BCUT2D eigenvalue weighted by Crippen LogP contribution is -2.26. The quantitative estimate of drug-likeness (QED) is 0.299. The smallest absolute Gasteiger partial charge is 0.267 e. The van der Waals surface area contributed by atoms with E-state index in [0.717, 1.165) is 35.3 Å². The zero-order chi connectivity index (χ0) is 19.9. The van der Waals surface area contributed by atoms with E-state index in [4.69, 9.17) is 9.94 Å². The topological polar surface area (TPSA) is 87.7 Å². The van der Waals surface area contributed by atoms with Gasteiger partial charge in [0, 0.05) is 17.7 Å². The van der Waals surface area contributed by atoms with Gasteiger partial charge in [-0.1, -0.05) is 36.4 Å². The van der Waals surface area contributed by atoms with Gasteiger partial charge in [0.15, 0.2) is 0 Å². The van der Waals surface area contributed by atoms with E-state index in [-0.39, 0.29) is 11.9 Å². The fourth-order valence-corrected chi connectivity index (χ4v) is 2.62. The van der Waals surface area contributed by atoms with Crippen LogP contribution in [0.5, 0.6) is 5.75 Å². The Morgan fingerprint density at radius 1 is 1.04 bits per heavy atom. The van der Waals surface area contributed by atoms with Crippen molar-refractivity contribution in [2.24, 2.45) is 0 Å². The molecule has 1 aliphatic rings. The van der Waals surface area contributed by atoms with Gasteiger partial charge in [-0.3, -0.25) is 14.8 Å². The van der Waals surface area contributed by atoms with Crippen molar-refractivity contribution in [1.82, 2.24) is 10.8 Å². The van der Waals surface area contributed by atoms with E-state index >= 15 is 0 Å². The molecule has 6 nitrogen and oxygen atoms in total. The zero-order valence-electron chi connectivity index (χ0n) is 15.5. The highest BCUT2D eigenvalue weighted by atomic mass is 16.5. The summed E-state index contributed by atoms with van der Waals surface area (Å²) >= 11 is 0. The van der Waals surface area contributed by atoms with Crippen molar-refractivity contribution in [3.63, 3.8) is 0 Å². The van der Waals surface area contributed by atoms with Crippen molar-refractivity contribution in [3.05, 3.63) is 71.3 Å². The number of amides is 2. The Morgan fingerprint density at radius 2 is 1.68 bits per heavy atom. The maximum atomic E-state index is 12.8. The standard InChI is InChI=1S/C22H22N2O4/c1-28-19-11-4-16(5-12-19)14-20(22(26)23-18-9-10-18)17-7-2-15(3-8-17)6-13-21(25)24-27/h2-8,11-14,18,27H,9-10H2,1H3,(H,23,26)(H,24,25)/b13-6+,20-14+. The van der Waals surface area contributed by atoms with Gasteiger partial charge in [0.25, 0.3) is 11.8 Å². The molecule has 0 aromatic heterocycles. The van der Waals surface area contributed by atoms with Crippen molar-refractivity contribution in [2.45, 2.75) is 18.9 Å². The van der Waals surface area contributed by atoms with E-state index in [1.54, 1.807) is 18.7 Å². The summed E-state index contributed by atoms with van der Waals surface area (Å²) in [4.78, 5) is 23.8. The van der Waals surface area contributed by atoms with Gasteiger partial charge in [0.2, 0.25) is 0 Å². The van der Waals surface area contributed by atoms with Crippen molar-refractivity contribution in [3.8, 4) is 5.75 Å². The summed E-state index contributed by atoms with van der Waals surface area (Å²) in [6.45, 7) is 0. The van der Waals surface area contributed by atoms with E-state index in [0.29, 0.717) is 5.57 Å². The molecule has 1 fully saturated rings. The Morgan fingerprint density at radius 3 is 2.25 bits per heavy atom. The fraction of sp³-hybridized carbons (Fsp3) is 0.182. The molecule has 144 valence electrons. The number of hydrogen-bond donors (Lipinski definition) is 3. The zero-order valence-corrected chi connectivity index (χ0v) is 15.5. The number of ether oxygens (including phenoxy) is 1. The minimum Gasteiger partial charge on any atom is -0.497 e. The first-order valence-electron chi connectivity index (χ1n) is 8.98. The summed E-state index contributed by atoms with van der Waals surface area (Å²) in [6, 6.07) is 15.0. The molecule has 0 spiro atoms. The molecule has 0 unspecified atom stereocenters. The molecule has 2 aromatic carbocycles. The van der Waals surface area contributed by atoms with Gasteiger partial charge in [-0.2, -0.15) is 0 Å². The summed E-state index contributed by atoms with van der Waals surface area (Å²) in [7, 11) is 1.61. The van der Waals surface area contributed by atoms with Crippen LogP contribution in [0.1, 0.15) is 29.5 Å². The van der Waals surface area contributed by atoms with Crippen molar-refractivity contribution in [1.29, 1.82) is 0 Å². The predicted octanol–water partition coefficient (Wildman–Crippen LogP) is 3.03. The first-order chi connectivity index (χ1) is 13.6. The number of carbonyl (C=O) groups is 2. The van der Waals surface area contributed by atoms with E-state index in [1.807, 2.05) is 54.6 Å². The average Bonchev–Trinajstić information content (AvgIpc) is 3.55. The molecule has 0 saturated heterocycles. The molecule has 0 radical (unpaired) electrons. The molecule has 0 heterocycles. The van der Waals surface area contributed by atoms with E-state index < -0.39 is 5.91 Å². The van der Waals surface area contributed by atoms with Crippen molar-refractivity contribution in [2.75, 3.05) is 7.11 Å². The molecule has 6 heteroatoms. The number of hydrogen-bond acceptors (Lipinski definition) is 4. The number of nitrogens with one attached hydrogen (secondary N) is 2. The molecule has 0 aliphatic heterocycles. The van der Waals surface area contributed by atoms with Gasteiger partial charge in [-0.25, -0.2) is 5.48 Å². The minimum atomic E-state index is -0.604. The highest BCUT2D eigenvalue weighted by molar-refractivity contribution is 6.24. The van der Waals surface area contributed by atoms with E-state index in [1.165, 1.54) is 6.08 Å². The summed E-state index contributed by atoms with van der Waals surface area (Å²) < 4.78 is 5.18. The number of methoxy groups -OCH3 is 1. The molecular weight excluding hydrogens is 356 g/mol. The summed E-state index contributed by atoms with van der Waals surface area (Å²) in [5, 5.41) is 11.6. The number of hydroxylamine groups is 1. The molecule has 3 N–H and O–H groups in total. The summed E-state index contributed by atoms with van der Waals surface area (Å²) in [5.74, 6) is 0.0402. The van der Waals surface area contributed by atoms with Crippen LogP contribution in [-0.2, 0) is 9.59 Å². The molecule has 2 amide bonds. The fourth-order valence-electron chi connectivity index (χ4n) is 2.62. The molecular formula is C22H22N2O4. The average molecular weight is 378 g/mol. The minimum absolute atomic E-state index is 0.110. The second kappa shape index (κ2) is 9.01. The van der Waals surface area contributed by atoms with Crippen LogP contribution in [0.25, 0.3) is 17.7 Å².